The van der Waals surface area contributed by atoms with Gasteiger partial charge in [0.1, 0.15) is 0 Å². The zero-order valence-electron chi connectivity index (χ0n) is 8.23. The van der Waals surface area contributed by atoms with E-state index >= 15 is 0 Å². The van der Waals surface area contributed by atoms with E-state index in [1.165, 1.54) is 17.7 Å². The Morgan fingerprint density at radius 1 is 1.36 bits per heavy atom. The largest absolute Gasteiger partial charge is 0.392 e. The van der Waals surface area contributed by atoms with Crippen LogP contribution in [0, 0.1) is 5.92 Å². The molecular weight excluding hydrogens is 192 g/mol. The second-order valence-corrected chi connectivity index (χ2v) is 5.03. The number of hydrogen-bond acceptors (Lipinski definition) is 2. The third-order valence-corrected chi connectivity index (χ3v) is 3.98. The second-order valence-electron chi connectivity index (χ2n) is 3.88. The molecule has 1 heterocycles. The molecule has 1 aromatic rings. The molecule has 1 aliphatic rings. The van der Waals surface area contributed by atoms with Gasteiger partial charge in [0.2, 0.25) is 0 Å². The van der Waals surface area contributed by atoms with Crippen LogP contribution >= 0.6 is 11.8 Å². The van der Waals surface area contributed by atoms with Gasteiger partial charge in [-0.15, -0.1) is 0 Å². The van der Waals surface area contributed by atoms with Crippen LogP contribution in [0.1, 0.15) is 12.0 Å². The highest BCUT2D eigenvalue weighted by Gasteiger charge is 2.23. The summed E-state index contributed by atoms with van der Waals surface area (Å²) in [6, 6.07) is 10.3. The Balaban J connectivity index is 1.90. The van der Waals surface area contributed by atoms with Crippen molar-refractivity contribution < 1.29 is 5.11 Å². The van der Waals surface area contributed by atoms with Crippen molar-refractivity contribution in [2.75, 3.05) is 11.5 Å². The Morgan fingerprint density at radius 3 is 2.79 bits per heavy atom. The van der Waals surface area contributed by atoms with E-state index in [0.29, 0.717) is 5.92 Å². The van der Waals surface area contributed by atoms with Crippen LogP contribution in [0.2, 0.25) is 0 Å². The standard InChI is InChI=1S/C12H16OS/c13-12(11-6-7-14-9-11)8-10-4-2-1-3-5-10/h1-5,11-13H,6-9H2. The van der Waals surface area contributed by atoms with E-state index in [1.54, 1.807) is 0 Å². The highest BCUT2D eigenvalue weighted by atomic mass is 32.2. The van der Waals surface area contributed by atoms with Crippen molar-refractivity contribution >= 4 is 11.8 Å². The summed E-state index contributed by atoms with van der Waals surface area (Å²) in [4.78, 5) is 0. The molecule has 0 aromatic heterocycles. The predicted octanol–water partition coefficient (Wildman–Crippen LogP) is 2.34. The third kappa shape index (κ3) is 2.52. The SMILES string of the molecule is OC(Cc1ccccc1)C1CCSC1. The summed E-state index contributed by atoms with van der Waals surface area (Å²) in [7, 11) is 0. The molecule has 2 heteroatoms. The predicted molar refractivity (Wildman–Crippen MR) is 61.6 cm³/mol. The first-order chi connectivity index (χ1) is 6.86. The molecule has 1 saturated heterocycles. The van der Waals surface area contributed by atoms with E-state index in [-0.39, 0.29) is 6.10 Å². The minimum absolute atomic E-state index is 0.146. The van der Waals surface area contributed by atoms with E-state index in [0.717, 1.165) is 12.2 Å². The van der Waals surface area contributed by atoms with E-state index in [1.807, 2.05) is 30.0 Å². The highest BCUT2D eigenvalue weighted by molar-refractivity contribution is 7.99. The van der Waals surface area contributed by atoms with Crippen molar-refractivity contribution in [2.24, 2.45) is 5.92 Å². The lowest BCUT2D eigenvalue weighted by molar-refractivity contribution is 0.120. The van der Waals surface area contributed by atoms with Crippen LogP contribution in [-0.2, 0) is 6.42 Å². The number of rotatable bonds is 3. The van der Waals surface area contributed by atoms with Crippen LogP contribution < -0.4 is 0 Å². The van der Waals surface area contributed by atoms with Crippen LogP contribution in [-0.4, -0.2) is 22.7 Å². The quantitative estimate of drug-likeness (QED) is 0.823. The smallest absolute Gasteiger partial charge is 0.0616 e. The molecule has 0 radical (unpaired) electrons. The van der Waals surface area contributed by atoms with Crippen LogP contribution in [0.3, 0.4) is 0 Å². The molecular formula is C12H16OS. The molecule has 0 spiro atoms. The van der Waals surface area contributed by atoms with E-state index in [4.69, 9.17) is 0 Å². The maximum Gasteiger partial charge on any atom is 0.0616 e. The molecule has 76 valence electrons. The van der Waals surface area contributed by atoms with E-state index in [9.17, 15) is 5.11 Å². The van der Waals surface area contributed by atoms with Crippen LogP contribution in [0.5, 0.6) is 0 Å². The zero-order chi connectivity index (χ0) is 9.80. The lowest BCUT2D eigenvalue weighted by Gasteiger charge is -2.16. The minimum atomic E-state index is -0.146. The summed E-state index contributed by atoms with van der Waals surface area (Å²) < 4.78 is 0. The maximum absolute atomic E-state index is 9.99. The molecule has 1 fully saturated rings. The van der Waals surface area contributed by atoms with Crippen molar-refractivity contribution in [2.45, 2.75) is 18.9 Å². The summed E-state index contributed by atoms with van der Waals surface area (Å²) in [5.41, 5.74) is 1.25. The Labute approximate surface area is 89.5 Å². The molecule has 0 saturated carbocycles. The fraction of sp³-hybridized carbons (Fsp3) is 0.500. The number of aliphatic hydroxyl groups is 1. The topological polar surface area (TPSA) is 20.2 Å². The molecule has 0 bridgehead atoms. The Kier molecular flexibility index (Phi) is 3.49. The average Bonchev–Trinajstić information content (AvgIpc) is 2.72. The van der Waals surface area contributed by atoms with Crippen molar-refractivity contribution in [3.05, 3.63) is 35.9 Å². The number of benzene rings is 1. The number of hydrogen-bond donors (Lipinski definition) is 1. The van der Waals surface area contributed by atoms with Gasteiger partial charge in [-0.25, -0.2) is 0 Å². The Bertz CT molecular complexity index is 267. The number of aliphatic hydroxyl groups excluding tert-OH is 1. The van der Waals surface area contributed by atoms with E-state index < -0.39 is 0 Å². The van der Waals surface area contributed by atoms with Gasteiger partial charge in [0.15, 0.2) is 0 Å². The first-order valence-electron chi connectivity index (χ1n) is 5.16. The molecule has 2 rings (SSSR count). The van der Waals surface area contributed by atoms with Gasteiger partial charge in [0, 0.05) is 0 Å². The molecule has 14 heavy (non-hydrogen) atoms. The fourth-order valence-electron chi connectivity index (χ4n) is 1.88. The van der Waals surface area contributed by atoms with Gasteiger partial charge in [-0.2, -0.15) is 11.8 Å². The van der Waals surface area contributed by atoms with Gasteiger partial charge >= 0.3 is 0 Å². The van der Waals surface area contributed by atoms with Gasteiger partial charge in [0.25, 0.3) is 0 Å². The van der Waals surface area contributed by atoms with Crippen LogP contribution in [0.25, 0.3) is 0 Å². The van der Waals surface area contributed by atoms with Crippen molar-refractivity contribution in [3.63, 3.8) is 0 Å². The second kappa shape index (κ2) is 4.85. The highest BCUT2D eigenvalue weighted by Crippen LogP contribution is 2.27. The summed E-state index contributed by atoms with van der Waals surface area (Å²) in [5.74, 6) is 2.87. The molecule has 0 amide bonds. The minimum Gasteiger partial charge on any atom is -0.392 e. The summed E-state index contributed by atoms with van der Waals surface area (Å²) in [6.45, 7) is 0. The van der Waals surface area contributed by atoms with Crippen molar-refractivity contribution in [1.29, 1.82) is 0 Å². The first-order valence-corrected chi connectivity index (χ1v) is 6.31. The van der Waals surface area contributed by atoms with E-state index in [2.05, 4.69) is 12.1 Å². The lowest BCUT2D eigenvalue weighted by Crippen LogP contribution is -2.22. The van der Waals surface area contributed by atoms with Gasteiger partial charge in [-0.3, -0.25) is 0 Å². The monoisotopic (exact) mass is 208 g/mol. The maximum atomic E-state index is 9.99. The van der Waals surface area contributed by atoms with Gasteiger partial charge in [0.05, 0.1) is 6.10 Å². The van der Waals surface area contributed by atoms with Crippen LogP contribution in [0.15, 0.2) is 30.3 Å². The lowest BCUT2D eigenvalue weighted by atomic mass is 9.96. The van der Waals surface area contributed by atoms with Crippen LogP contribution in [0.4, 0.5) is 0 Å². The fourth-order valence-corrected chi connectivity index (χ4v) is 3.21. The molecule has 0 aliphatic carbocycles. The summed E-state index contributed by atoms with van der Waals surface area (Å²) in [6.07, 6.45) is 1.84. The number of thioether (sulfide) groups is 1. The van der Waals surface area contributed by atoms with Gasteiger partial charge in [-0.1, -0.05) is 30.3 Å². The molecule has 1 aromatic carbocycles. The zero-order valence-corrected chi connectivity index (χ0v) is 9.04. The Morgan fingerprint density at radius 2 is 2.14 bits per heavy atom. The first kappa shape index (κ1) is 10.1. The molecule has 2 unspecified atom stereocenters. The molecule has 2 atom stereocenters. The van der Waals surface area contributed by atoms with Crippen molar-refractivity contribution in [1.82, 2.24) is 0 Å². The average molecular weight is 208 g/mol. The molecule has 1 N–H and O–H groups in total. The molecule has 1 aliphatic heterocycles. The van der Waals surface area contributed by atoms with Gasteiger partial charge in [-0.05, 0) is 35.8 Å². The normalized spacial score (nSPS) is 23.6. The van der Waals surface area contributed by atoms with Crippen molar-refractivity contribution in [3.8, 4) is 0 Å². The summed E-state index contributed by atoms with van der Waals surface area (Å²) in [5, 5.41) is 9.99. The third-order valence-electron chi connectivity index (χ3n) is 2.80. The Hall–Kier alpha value is -0.470. The summed E-state index contributed by atoms with van der Waals surface area (Å²) >= 11 is 1.96. The van der Waals surface area contributed by atoms with Gasteiger partial charge < -0.3 is 5.11 Å². The molecule has 1 nitrogen and oxygen atoms in total.